The molecule has 0 saturated heterocycles. The number of benzene rings is 1. The lowest BCUT2D eigenvalue weighted by molar-refractivity contribution is 0.414. The predicted octanol–water partition coefficient (Wildman–Crippen LogP) is 2.33. The quantitative estimate of drug-likeness (QED) is 0.569. The van der Waals surface area contributed by atoms with Crippen molar-refractivity contribution in [3.63, 3.8) is 0 Å². The van der Waals surface area contributed by atoms with Crippen LogP contribution in [-0.4, -0.2) is 21.6 Å². The first-order chi connectivity index (χ1) is 11.2. The lowest BCUT2D eigenvalue weighted by Gasteiger charge is -2.02. The second-order valence-corrected chi connectivity index (χ2v) is 5.73. The maximum atomic E-state index is 12.1. The standard InChI is InChI=1S/C17H26N4O2/c1-3-4-5-6-7-12-20-17(22)21(18)16(19-20)13-14-8-10-15(23-2)11-9-14/h8-11H,3-7,12-13,18H2,1-2H3. The number of unbranched alkanes of at least 4 members (excludes halogenated alkanes) is 4. The van der Waals surface area contributed by atoms with Crippen LogP contribution in [0, 0.1) is 0 Å². The smallest absolute Gasteiger partial charge is 0.364 e. The van der Waals surface area contributed by atoms with E-state index in [2.05, 4.69) is 12.0 Å². The van der Waals surface area contributed by atoms with Crippen molar-refractivity contribution in [1.29, 1.82) is 0 Å². The molecule has 2 aromatic rings. The number of ether oxygens (including phenoxy) is 1. The lowest BCUT2D eigenvalue weighted by atomic mass is 10.1. The minimum atomic E-state index is -0.246. The highest BCUT2D eigenvalue weighted by atomic mass is 16.5. The monoisotopic (exact) mass is 318 g/mol. The van der Waals surface area contributed by atoms with Gasteiger partial charge in [-0.2, -0.15) is 9.77 Å². The number of hydrogen-bond acceptors (Lipinski definition) is 4. The Balaban J connectivity index is 1.99. The summed E-state index contributed by atoms with van der Waals surface area (Å²) in [4.78, 5) is 12.1. The van der Waals surface area contributed by atoms with Crippen LogP contribution < -0.4 is 16.3 Å². The summed E-state index contributed by atoms with van der Waals surface area (Å²) in [5.41, 5.74) is 0.793. The SMILES string of the molecule is CCCCCCCn1nc(Cc2ccc(OC)cc2)n(N)c1=O. The summed E-state index contributed by atoms with van der Waals surface area (Å²) in [6.07, 6.45) is 6.25. The number of rotatable bonds is 9. The van der Waals surface area contributed by atoms with Crippen LogP contribution in [0.1, 0.15) is 50.4 Å². The van der Waals surface area contributed by atoms with Gasteiger partial charge in [-0.15, -0.1) is 0 Å². The molecule has 0 aliphatic carbocycles. The van der Waals surface area contributed by atoms with E-state index in [9.17, 15) is 4.79 Å². The molecular formula is C17H26N4O2. The first-order valence-corrected chi connectivity index (χ1v) is 8.22. The Hall–Kier alpha value is -2.24. The molecule has 0 spiro atoms. The largest absolute Gasteiger partial charge is 0.497 e. The minimum Gasteiger partial charge on any atom is -0.497 e. The molecule has 0 amide bonds. The first-order valence-electron chi connectivity index (χ1n) is 8.22. The maximum Gasteiger partial charge on any atom is 0.364 e. The summed E-state index contributed by atoms with van der Waals surface area (Å²) in [6, 6.07) is 7.68. The normalized spacial score (nSPS) is 10.9. The van der Waals surface area contributed by atoms with Crippen LogP contribution >= 0.6 is 0 Å². The molecule has 0 aliphatic rings. The fraction of sp³-hybridized carbons (Fsp3) is 0.529. The summed E-state index contributed by atoms with van der Waals surface area (Å²) >= 11 is 0. The number of nitrogens with two attached hydrogens (primary N) is 1. The van der Waals surface area contributed by atoms with Gasteiger partial charge in [0.1, 0.15) is 5.75 Å². The summed E-state index contributed by atoms with van der Waals surface area (Å²) in [5.74, 6) is 7.24. The number of methoxy groups -OCH3 is 1. The van der Waals surface area contributed by atoms with Crippen molar-refractivity contribution < 1.29 is 4.74 Å². The third-order valence-corrected chi connectivity index (χ3v) is 3.94. The van der Waals surface area contributed by atoms with Gasteiger partial charge >= 0.3 is 5.69 Å². The zero-order chi connectivity index (χ0) is 16.7. The van der Waals surface area contributed by atoms with Crippen molar-refractivity contribution in [2.45, 2.75) is 52.0 Å². The Labute approximate surface area is 136 Å². The molecule has 1 heterocycles. The zero-order valence-electron chi connectivity index (χ0n) is 14.0. The van der Waals surface area contributed by atoms with E-state index in [4.69, 9.17) is 10.6 Å². The number of aromatic nitrogens is 3. The Morgan fingerprint density at radius 2 is 1.83 bits per heavy atom. The molecule has 6 heteroatoms. The topological polar surface area (TPSA) is 75.1 Å². The predicted molar refractivity (Wildman–Crippen MR) is 91.2 cm³/mol. The molecule has 0 aliphatic heterocycles. The molecule has 0 radical (unpaired) electrons. The summed E-state index contributed by atoms with van der Waals surface area (Å²) in [7, 11) is 1.63. The van der Waals surface area contributed by atoms with Crippen molar-refractivity contribution in [1.82, 2.24) is 14.5 Å². The van der Waals surface area contributed by atoms with Crippen LogP contribution in [0.2, 0.25) is 0 Å². The first kappa shape index (κ1) is 17.1. The molecule has 2 rings (SSSR count). The molecule has 23 heavy (non-hydrogen) atoms. The summed E-state index contributed by atoms with van der Waals surface area (Å²) < 4.78 is 7.76. The summed E-state index contributed by atoms with van der Waals surface area (Å²) in [5, 5.41) is 4.38. The van der Waals surface area contributed by atoms with E-state index in [1.54, 1.807) is 7.11 Å². The Morgan fingerprint density at radius 3 is 2.48 bits per heavy atom. The van der Waals surface area contributed by atoms with Gasteiger partial charge in [-0.3, -0.25) is 0 Å². The molecule has 1 aromatic carbocycles. The average molecular weight is 318 g/mol. The van der Waals surface area contributed by atoms with Gasteiger partial charge in [0.05, 0.1) is 7.11 Å². The van der Waals surface area contributed by atoms with Crippen LogP contribution in [-0.2, 0) is 13.0 Å². The molecule has 0 atom stereocenters. The van der Waals surface area contributed by atoms with Gasteiger partial charge in [0.15, 0.2) is 5.82 Å². The van der Waals surface area contributed by atoms with Gasteiger partial charge in [-0.05, 0) is 24.1 Å². The van der Waals surface area contributed by atoms with Crippen molar-refractivity contribution >= 4 is 0 Å². The minimum absolute atomic E-state index is 0.246. The highest BCUT2D eigenvalue weighted by Gasteiger charge is 2.11. The summed E-state index contributed by atoms with van der Waals surface area (Å²) in [6.45, 7) is 2.81. The van der Waals surface area contributed by atoms with Crippen LogP contribution in [0.25, 0.3) is 0 Å². The molecule has 0 bridgehead atoms. The van der Waals surface area contributed by atoms with Crippen molar-refractivity contribution in [2.24, 2.45) is 0 Å². The zero-order valence-corrected chi connectivity index (χ0v) is 14.0. The highest BCUT2D eigenvalue weighted by molar-refractivity contribution is 5.28. The molecule has 6 nitrogen and oxygen atoms in total. The molecule has 1 aromatic heterocycles. The van der Waals surface area contributed by atoms with E-state index >= 15 is 0 Å². The van der Waals surface area contributed by atoms with Crippen LogP contribution in [0.15, 0.2) is 29.1 Å². The van der Waals surface area contributed by atoms with Gasteiger partial charge in [-0.1, -0.05) is 44.7 Å². The lowest BCUT2D eigenvalue weighted by Crippen LogP contribution is -2.30. The Kier molecular flexibility index (Phi) is 6.26. The van der Waals surface area contributed by atoms with Crippen LogP contribution in [0.4, 0.5) is 0 Å². The second kappa shape index (κ2) is 8.41. The van der Waals surface area contributed by atoms with E-state index in [1.165, 1.54) is 23.9 Å². The highest BCUT2D eigenvalue weighted by Crippen LogP contribution is 2.13. The van der Waals surface area contributed by atoms with Crippen LogP contribution in [0.5, 0.6) is 5.75 Å². The van der Waals surface area contributed by atoms with Gasteiger partial charge < -0.3 is 10.6 Å². The van der Waals surface area contributed by atoms with Gasteiger partial charge in [0.25, 0.3) is 0 Å². The van der Waals surface area contributed by atoms with Crippen LogP contribution in [0.3, 0.4) is 0 Å². The number of nitrogen functional groups attached to an aromatic ring is 1. The third kappa shape index (κ3) is 4.61. The number of aryl methyl sites for hydroxylation is 1. The fourth-order valence-electron chi connectivity index (χ4n) is 2.52. The van der Waals surface area contributed by atoms with E-state index in [-0.39, 0.29) is 5.69 Å². The molecular weight excluding hydrogens is 292 g/mol. The number of nitrogens with zero attached hydrogens (tertiary/aromatic N) is 3. The third-order valence-electron chi connectivity index (χ3n) is 3.94. The molecule has 126 valence electrons. The van der Waals surface area contributed by atoms with E-state index in [0.29, 0.717) is 18.8 Å². The fourth-order valence-corrected chi connectivity index (χ4v) is 2.52. The molecule has 0 fully saturated rings. The molecule has 0 unspecified atom stereocenters. The molecule has 2 N–H and O–H groups in total. The van der Waals surface area contributed by atoms with Crippen molar-refractivity contribution in [3.8, 4) is 5.75 Å². The van der Waals surface area contributed by atoms with Crippen molar-refractivity contribution in [2.75, 3.05) is 13.0 Å². The maximum absolute atomic E-state index is 12.1. The Bertz CT molecular complexity index is 658. The van der Waals surface area contributed by atoms with Gasteiger partial charge in [0, 0.05) is 13.0 Å². The second-order valence-electron chi connectivity index (χ2n) is 5.73. The van der Waals surface area contributed by atoms with E-state index < -0.39 is 0 Å². The number of hydrogen-bond donors (Lipinski definition) is 1. The Morgan fingerprint density at radius 1 is 1.13 bits per heavy atom. The average Bonchev–Trinajstić information content (AvgIpc) is 2.83. The van der Waals surface area contributed by atoms with Gasteiger partial charge in [0.2, 0.25) is 0 Å². The van der Waals surface area contributed by atoms with E-state index in [0.717, 1.165) is 28.8 Å². The van der Waals surface area contributed by atoms with Crippen molar-refractivity contribution in [3.05, 3.63) is 46.1 Å². The van der Waals surface area contributed by atoms with E-state index in [1.807, 2.05) is 24.3 Å². The van der Waals surface area contributed by atoms with Gasteiger partial charge in [-0.25, -0.2) is 9.48 Å². The molecule has 0 saturated carbocycles.